The van der Waals surface area contributed by atoms with Gasteiger partial charge in [-0.15, -0.1) is 0 Å². The minimum atomic E-state index is -0.303. The van der Waals surface area contributed by atoms with Crippen LogP contribution in [0.2, 0.25) is 0 Å². The fraction of sp³-hybridized carbons (Fsp3) is 1.00. The maximum atomic E-state index is 10.6. The van der Waals surface area contributed by atoms with Gasteiger partial charge in [0.2, 0.25) is 0 Å². The van der Waals surface area contributed by atoms with Crippen molar-refractivity contribution in [1.29, 1.82) is 0 Å². The highest BCUT2D eigenvalue weighted by molar-refractivity contribution is 4.93. The maximum Gasteiger partial charge on any atom is 0.0700 e. The summed E-state index contributed by atoms with van der Waals surface area (Å²) in [4.78, 5) is 2.45. The van der Waals surface area contributed by atoms with Gasteiger partial charge in [-0.1, -0.05) is 19.8 Å². The molecule has 14 heavy (non-hydrogen) atoms. The second-order valence-corrected chi connectivity index (χ2v) is 5.02. The molecule has 2 rings (SSSR count). The first-order valence-electron chi connectivity index (χ1n) is 6.19. The van der Waals surface area contributed by atoms with Gasteiger partial charge in [-0.25, -0.2) is 0 Å². The quantitative estimate of drug-likeness (QED) is 0.732. The minimum absolute atomic E-state index is 0.303. The number of nitrogens with zero attached hydrogens (tertiary/aromatic N) is 1. The molecule has 0 bridgehead atoms. The summed E-state index contributed by atoms with van der Waals surface area (Å²) >= 11 is 0. The molecule has 0 aromatic heterocycles. The Kier molecular flexibility index (Phi) is 3.13. The van der Waals surface area contributed by atoms with Crippen LogP contribution < -0.4 is 0 Å². The molecule has 2 aliphatic rings. The molecule has 0 unspecified atom stereocenters. The number of piperidine rings is 1. The van der Waals surface area contributed by atoms with Crippen molar-refractivity contribution in [2.45, 2.75) is 51.0 Å². The fourth-order valence-corrected chi connectivity index (χ4v) is 3.13. The number of likely N-dealkylation sites (tertiary alicyclic amines) is 1. The summed E-state index contributed by atoms with van der Waals surface area (Å²) in [5.74, 6) is 0.613. The topological polar surface area (TPSA) is 23.5 Å². The van der Waals surface area contributed by atoms with Gasteiger partial charge in [0.25, 0.3) is 0 Å². The van der Waals surface area contributed by atoms with Crippen molar-refractivity contribution in [3.05, 3.63) is 0 Å². The Morgan fingerprint density at radius 3 is 2.29 bits per heavy atom. The van der Waals surface area contributed by atoms with Crippen molar-refractivity contribution in [3.63, 3.8) is 0 Å². The van der Waals surface area contributed by atoms with E-state index in [1.807, 2.05) is 0 Å². The fourth-order valence-electron chi connectivity index (χ4n) is 3.13. The number of hydrogen-bond acceptors (Lipinski definition) is 2. The average molecular weight is 197 g/mol. The van der Waals surface area contributed by atoms with Crippen LogP contribution in [0.4, 0.5) is 0 Å². The average Bonchev–Trinajstić information content (AvgIpc) is 2.72. The Morgan fingerprint density at radius 1 is 1.21 bits per heavy atom. The molecule has 1 N–H and O–H groups in total. The van der Waals surface area contributed by atoms with E-state index in [0.717, 1.165) is 32.5 Å². The third-order valence-electron chi connectivity index (χ3n) is 4.28. The normalized spacial score (nSPS) is 29.6. The molecular weight excluding hydrogens is 174 g/mol. The molecule has 0 aromatic rings. The molecule has 2 nitrogen and oxygen atoms in total. The van der Waals surface area contributed by atoms with E-state index in [1.165, 1.54) is 25.7 Å². The molecule has 1 heterocycles. The lowest BCUT2D eigenvalue weighted by Gasteiger charge is -2.41. The van der Waals surface area contributed by atoms with Gasteiger partial charge in [-0.05, 0) is 38.1 Å². The first-order valence-corrected chi connectivity index (χ1v) is 6.19. The van der Waals surface area contributed by atoms with Crippen LogP contribution in [0.15, 0.2) is 0 Å². The van der Waals surface area contributed by atoms with Crippen molar-refractivity contribution in [3.8, 4) is 0 Å². The minimum Gasteiger partial charge on any atom is -0.390 e. The van der Waals surface area contributed by atoms with Gasteiger partial charge in [-0.3, -0.25) is 0 Å². The van der Waals surface area contributed by atoms with Crippen LogP contribution in [0, 0.1) is 5.92 Å². The highest BCUT2D eigenvalue weighted by Gasteiger charge is 2.40. The molecule has 0 radical (unpaired) electrons. The third kappa shape index (κ3) is 1.96. The molecule has 1 saturated heterocycles. The Morgan fingerprint density at radius 2 is 1.79 bits per heavy atom. The van der Waals surface area contributed by atoms with Gasteiger partial charge < -0.3 is 10.0 Å². The van der Waals surface area contributed by atoms with Crippen LogP contribution in [-0.4, -0.2) is 35.2 Å². The second-order valence-electron chi connectivity index (χ2n) is 5.02. The molecule has 82 valence electrons. The molecule has 2 heteroatoms. The SMILES string of the molecule is CCN1CCC(O)(C2CCCC2)CC1. The number of rotatable bonds is 2. The Hall–Kier alpha value is -0.0800. The lowest BCUT2D eigenvalue weighted by Crippen LogP contribution is -2.48. The van der Waals surface area contributed by atoms with Crippen LogP contribution in [0.3, 0.4) is 0 Å². The van der Waals surface area contributed by atoms with Crippen LogP contribution >= 0.6 is 0 Å². The molecule has 0 spiro atoms. The Labute approximate surface area is 87.3 Å². The molecular formula is C12H23NO. The molecule has 0 aromatic carbocycles. The molecule has 2 fully saturated rings. The standard InChI is InChI=1S/C12H23NO/c1-2-13-9-7-12(14,8-10-13)11-5-3-4-6-11/h11,14H,2-10H2,1H3. The smallest absolute Gasteiger partial charge is 0.0700 e. The van der Waals surface area contributed by atoms with Crippen molar-refractivity contribution < 1.29 is 5.11 Å². The summed E-state index contributed by atoms with van der Waals surface area (Å²) in [6.07, 6.45) is 7.22. The van der Waals surface area contributed by atoms with Gasteiger partial charge in [0.15, 0.2) is 0 Å². The Balaban J connectivity index is 1.90. The summed E-state index contributed by atoms with van der Waals surface area (Å²) in [5.41, 5.74) is -0.303. The van der Waals surface area contributed by atoms with Crippen molar-refractivity contribution >= 4 is 0 Å². The van der Waals surface area contributed by atoms with Crippen LogP contribution in [0.25, 0.3) is 0 Å². The van der Waals surface area contributed by atoms with Gasteiger partial charge in [0.1, 0.15) is 0 Å². The van der Waals surface area contributed by atoms with E-state index in [9.17, 15) is 5.11 Å². The highest BCUT2D eigenvalue weighted by atomic mass is 16.3. The van der Waals surface area contributed by atoms with Crippen molar-refractivity contribution in [1.82, 2.24) is 4.90 Å². The van der Waals surface area contributed by atoms with E-state index in [-0.39, 0.29) is 5.60 Å². The van der Waals surface area contributed by atoms with Crippen LogP contribution in [-0.2, 0) is 0 Å². The van der Waals surface area contributed by atoms with Gasteiger partial charge in [0, 0.05) is 13.1 Å². The summed E-state index contributed by atoms with van der Waals surface area (Å²) in [7, 11) is 0. The van der Waals surface area contributed by atoms with Gasteiger partial charge in [0.05, 0.1) is 5.60 Å². The van der Waals surface area contributed by atoms with E-state index in [4.69, 9.17) is 0 Å². The predicted octanol–water partition coefficient (Wildman–Crippen LogP) is 2.02. The predicted molar refractivity (Wildman–Crippen MR) is 58.3 cm³/mol. The molecule has 1 aliphatic heterocycles. The summed E-state index contributed by atoms with van der Waals surface area (Å²) in [6.45, 7) is 5.55. The first-order chi connectivity index (χ1) is 6.74. The zero-order valence-electron chi connectivity index (χ0n) is 9.34. The summed E-state index contributed by atoms with van der Waals surface area (Å²) in [6, 6.07) is 0. The van der Waals surface area contributed by atoms with Gasteiger partial charge >= 0.3 is 0 Å². The molecule has 0 amide bonds. The highest BCUT2D eigenvalue weighted by Crippen LogP contribution is 2.39. The van der Waals surface area contributed by atoms with Crippen LogP contribution in [0.1, 0.15) is 45.4 Å². The number of aliphatic hydroxyl groups is 1. The molecule has 0 atom stereocenters. The van der Waals surface area contributed by atoms with Crippen molar-refractivity contribution in [2.24, 2.45) is 5.92 Å². The number of hydrogen-bond donors (Lipinski definition) is 1. The monoisotopic (exact) mass is 197 g/mol. The summed E-state index contributed by atoms with van der Waals surface area (Å²) < 4.78 is 0. The first kappa shape index (κ1) is 10.4. The molecule has 1 aliphatic carbocycles. The third-order valence-corrected chi connectivity index (χ3v) is 4.28. The lowest BCUT2D eigenvalue weighted by atomic mass is 9.78. The van der Waals surface area contributed by atoms with Crippen molar-refractivity contribution in [2.75, 3.05) is 19.6 Å². The van der Waals surface area contributed by atoms with E-state index in [1.54, 1.807) is 0 Å². The van der Waals surface area contributed by atoms with E-state index < -0.39 is 0 Å². The summed E-state index contributed by atoms with van der Waals surface area (Å²) in [5, 5.41) is 10.6. The Bertz CT molecular complexity index is 179. The second kappa shape index (κ2) is 4.19. The maximum absolute atomic E-state index is 10.6. The lowest BCUT2D eigenvalue weighted by molar-refractivity contribution is -0.0643. The zero-order chi connectivity index (χ0) is 10.0. The molecule has 1 saturated carbocycles. The van der Waals surface area contributed by atoms with Crippen LogP contribution in [0.5, 0.6) is 0 Å². The van der Waals surface area contributed by atoms with E-state index in [2.05, 4.69) is 11.8 Å². The van der Waals surface area contributed by atoms with Gasteiger partial charge in [-0.2, -0.15) is 0 Å². The zero-order valence-corrected chi connectivity index (χ0v) is 9.34. The van der Waals surface area contributed by atoms with E-state index in [0.29, 0.717) is 5.92 Å². The largest absolute Gasteiger partial charge is 0.390 e. The van der Waals surface area contributed by atoms with E-state index >= 15 is 0 Å².